The van der Waals surface area contributed by atoms with Gasteiger partial charge in [0, 0.05) is 5.56 Å². The molecule has 0 heterocycles. The van der Waals surface area contributed by atoms with Crippen molar-refractivity contribution in [3.05, 3.63) is 70.5 Å². The Morgan fingerprint density at radius 2 is 1.71 bits per heavy atom. The van der Waals surface area contributed by atoms with Crippen LogP contribution < -0.4 is 4.74 Å². The monoisotopic (exact) mass is 388 g/mol. The molecule has 0 aliphatic heterocycles. The first-order valence-corrected chi connectivity index (χ1v) is 10.1. The second-order valence-corrected chi connectivity index (χ2v) is 7.39. The molecule has 0 N–H and O–H groups in total. The Labute approximate surface area is 165 Å². The van der Waals surface area contributed by atoms with Gasteiger partial charge >= 0.3 is 0 Å². The number of benzene rings is 2. The number of allylic oxidation sites excluding steroid dienone is 1. The number of ether oxygens (including phenoxy) is 1. The summed E-state index contributed by atoms with van der Waals surface area (Å²) in [6.07, 6.45) is 7.96. The highest BCUT2D eigenvalue weighted by Crippen LogP contribution is 2.37. The summed E-state index contributed by atoms with van der Waals surface area (Å²) in [5, 5.41) is 0. The maximum Gasteiger partial charge on any atom is 0.166 e. The molecule has 1 aliphatic rings. The van der Waals surface area contributed by atoms with Crippen molar-refractivity contribution in [1.82, 2.24) is 0 Å². The largest absolute Gasteiger partial charge is 0.491 e. The standard InChI is InChI=1S/C24H27F3O/c1-3-17-11-12-19(24(27)23(17)26)10-7-16-5-8-18(9-6-16)20-13-14-22(28-4-2)21(25)15-20/h7,10-16,18H,3-6,8-9H2,1-2H3/b10-7+. The molecule has 2 aromatic rings. The zero-order valence-electron chi connectivity index (χ0n) is 16.5. The summed E-state index contributed by atoms with van der Waals surface area (Å²) in [6.45, 7) is 4.09. The van der Waals surface area contributed by atoms with Gasteiger partial charge in [0.25, 0.3) is 0 Å². The minimum Gasteiger partial charge on any atom is -0.491 e. The maximum atomic E-state index is 14.1. The van der Waals surface area contributed by atoms with Gasteiger partial charge in [-0.25, -0.2) is 13.2 Å². The van der Waals surface area contributed by atoms with Gasteiger partial charge in [-0.2, -0.15) is 0 Å². The molecule has 150 valence electrons. The van der Waals surface area contributed by atoms with Crippen molar-refractivity contribution >= 4 is 6.08 Å². The molecule has 0 atom stereocenters. The Balaban J connectivity index is 1.61. The summed E-state index contributed by atoms with van der Waals surface area (Å²) < 4.78 is 47.4. The minimum absolute atomic E-state index is 0.297. The van der Waals surface area contributed by atoms with Gasteiger partial charge in [0.15, 0.2) is 23.2 Å². The van der Waals surface area contributed by atoms with E-state index in [1.54, 1.807) is 30.3 Å². The van der Waals surface area contributed by atoms with Crippen LogP contribution in [0, 0.1) is 23.4 Å². The van der Waals surface area contributed by atoms with Crippen molar-refractivity contribution in [2.24, 2.45) is 5.92 Å². The summed E-state index contributed by atoms with van der Waals surface area (Å²) >= 11 is 0. The number of hydrogen-bond donors (Lipinski definition) is 0. The highest BCUT2D eigenvalue weighted by molar-refractivity contribution is 5.51. The normalized spacial score (nSPS) is 19.9. The van der Waals surface area contributed by atoms with E-state index in [1.807, 2.05) is 26.0 Å². The molecule has 0 spiro atoms. The van der Waals surface area contributed by atoms with Gasteiger partial charge in [-0.15, -0.1) is 0 Å². The number of aryl methyl sites for hydroxylation is 1. The van der Waals surface area contributed by atoms with Gasteiger partial charge in [0.1, 0.15) is 0 Å². The summed E-state index contributed by atoms with van der Waals surface area (Å²) in [7, 11) is 0. The summed E-state index contributed by atoms with van der Waals surface area (Å²) in [5.41, 5.74) is 1.70. The fraction of sp³-hybridized carbons (Fsp3) is 0.417. The van der Waals surface area contributed by atoms with Crippen LogP contribution in [0.2, 0.25) is 0 Å². The second-order valence-electron chi connectivity index (χ2n) is 7.39. The first kappa shape index (κ1) is 20.5. The highest BCUT2D eigenvalue weighted by atomic mass is 19.2. The molecule has 1 fully saturated rings. The molecule has 4 heteroatoms. The Kier molecular flexibility index (Phi) is 6.82. The van der Waals surface area contributed by atoms with E-state index in [0.29, 0.717) is 41.7 Å². The van der Waals surface area contributed by atoms with Gasteiger partial charge in [-0.3, -0.25) is 0 Å². The van der Waals surface area contributed by atoms with E-state index in [9.17, 15) is 13.2 Å². The van der Waals surface area contributed by atoms with Crippen molar-refractivity contribution in [3.8, 4) is 5.75 Å². The van der Waals surface area contributed by atoms with Crippen LogP contribution >= 0.6 is 0 Å². The molecule has 28 heavy (non-hydrogen) atoms. The minimum atomic E-state index is -0.769. The molecule has 0 saturated heterocycles. The molecule has 3 rings (SSSR count). The van der Waals surface area contributed by atoms with Crippen LogP contribution in [0.1, 0.15) is 62.1 Å². The molecule has 0 amide bonds. The second kappa shape index (κ2) is 9.31. The lowest BCUT2D eigenvalue weighted by Gasteiger charge is -2.27. The highest BCUT2D eigenvalue weighted by Gasteiger charge is 2.22. The Bertz CT molecular complexity index is 836. The zero-order valence-corrected chi connectivity index (χ0v) is 16.5. The van der Waals surface area contributed by atoms with E-state index in [-0.39, 0.29) is 5.82 Å². The van der Waals surface area contributed by atoms with Crippen LogP contribution in [-0.2, 0) is 6.42 Å². The molecule has 2 aromatic carbocycles. The predicted molar refractivity (Wildman–Crippen MR) is 107 cm³/mol. The van der Waals surface area contributed by atoms with Gasteiger partial charge in [-0.1, -0.05) is 37.3 Å². The van der Waals surface area contributed by atoms with Gasteiger partial charge < -0.3 is 4.74 Å². The quantitative estimate of drug-likeness (QED) is 0.515. The fourth-order valence-corrected chi connectivity index (χ4v) is 3.93. The van der Waals surface area contributed by atoms with E-state index in [4.69, 9.17) is 4.74 Å². The third-order valence-corrected chi connectivity index (χ3v) is 5.62. The van der Waals surface area contributed by atoms with E-state index in [1.165, 1.54) is 0 Å². The Hall–Kier alpha value is -2.23. The van der Waals surface area contributed by atoms with Crippen molar-refractivity contribution in [2.75, 3.05) is 6.61 Å². The molecule has 0 bridgehead atoms. The van der Waals surface area contributed by atoms with Crippen molar-refractivity contribution < 1.29 is 17.9 Å². The first-order chi connectivity index (χ1) is 13.5. The summed E-state index contributed by atoms with van der Waals surface area (Å²) in [5.74, 6) is -0.870. The summed E-state index contributed by atoms with van der Waals surface area (Å²) in [6, 6.07) is 8.52. The van der Waals surface area contributed by atoms with Gasteiger partial charge in [0.05, 0.1) is 6.61 Å². The van der Waals surface area contributed by atoms with Crippen LogP contribution in [0.5, 0.6) is 5.75 Å². The SMILES string of the molecule is CCOc1ccc(C2CCC(/C=C/c3ccc(CC)c(F)c3F)CC2)cc1F. The van der Waals surface area contributed by atoms with E-state index in [0.717, 1.165) is 31.2 Å². The molecule has 1 nitrogen and oxygen atoms in total. The molecule has 0 unspecified atom stereocenters. The first-order valence-electron chi connectivity index (χ1n) is 10.1. The average Bonchev–Trinajstić information content (AvgIpc) is 2.71. The number of halogens is 3. The van der Waals surface area contributed by atoms with E-state index < -0.39 is 11.6 Å². The molecule has 1 saturated carbocycles. The lowest BCUT2D eigenvalue weighted by molar-refractivity contribution is 0.320. The van der Waals surface area contributed by atoms with Gasteiger partial charge in [-0.05, 0) is 74.1 Å². The lowest BCUT2D eigenvalue weighted by atomic mass is 9.78. The van der Waals surface area contributed by atoms with Crippen molar-refractivity contribution in [2.45, 2.75) is 51.9 Å². The third-order valence-electron chi connectivity index (χ3n) is 5.62. The van der Waals surface area contributed by atoms with Crippen LogP contribution in [-0.4, -0.2) is 6.61 Å². The van der Waals surface area contributed by atoms with Crippen molar-refractivity contribution in [1.29, 1.82) is 0 Å². The average molecular weight is 388 g/mol. The molecular formula is C24H27F3O. The Morgan fingerprint density at radius 1 is 0.964 bits per heavy atom. The topological polar surface area (TPSA) is 9.23 Å². The molecular weight excluding hydrogens is 361 g/mol. The zero-order chi connectivity index (χ0) is 20.1. The van der Waals surface area contributed by atoms with Crippen molar-refractivity contribution in [3.63, 3.8) is 0 Å². The predicted octanol–water partition coefficient (Wildman–Crippen LogP) is 7.05. The maximum absolute atomic E-state index is 14.1. The smallest absolute Gasteiger partial charge is 0.166 e. The third kappa shape index (κ3) is 4.60. The van der Waals surface area contributed by atoms with E-state index >= 15 is 0 Å². The molecule has 0 radical (unpaired) electrons. The molecule has 0 aromatic heterocycles. The fourth-order valence-electron chi connectivity index (χ4n) is 3.93. The lowest BCUT2D eigenvalue weighted by Crippen LogP contribution is -2.12. The molecule has 1 aliphatic carbocycles. The van der Waals surface area contributed by atoms with Gasteiger partial charge in [0.2, 0.25) is 0 Å². The van der Waals surface area contributed by atoms with Crippen LogP contribution in [0.3, 0.4) is 0 Å². The number of hydrogen-bond acceptors (Lipinski definition) is 1. The van der Waals surface area contributed by atoms with Crippen LogP contribution in [0.15, 0.2) is 36.4 Å². The Morgan fingerprint density at radius 3 is 2.36 bits per heavy atom. The number of rotatable bonds is 6. The summed E-state index contributed by atoms with van der Waals surface area (Å²) in [4.78, 5) is 0. The van der Waals surface area contributed by atoms with E-state index in [2.05, 4.69) is 0 Å². The van der Waals surface area contributed by atoms with Crippen LogP contribution in [0.4, 0.5) is 13.2 Å². The van der Waals surface area contributed by atoms with Crippen LogP contribution in [0.25, 0.3) is 6.08 Å².